The van der Waals surface area contributed by atoms with Gasteiger partial charge >= 0.3 is 6.09 Å². The van der Waals surface area contributed by atoms with E-state index in [1.807, 2.05) is 41.9 Å². The normalized spacial score (nSPS) is 19.9. The Hall–Kier alpha value is -2.51. The zero-order chi connectivity index (χ0) is 19.4. The molecule has 1 unspecified atom stereocenters. The number of primary amides is 2. The second-order valence-corrected chi connectivity index (χ2v) is 9.89. The lowest BCUT2D eigenvalue weighted by atomic mass is 10.2. The van der Waals surface area contributed by atoms with Crippen LogP contribution in [0, 0.1) is 0 Å². The van der Waals surface area contributed by atoms with E-state index in [0.717, 1.165) is 27.7 Å². The number of ether oxygens (including phenoxy) is 1. The van der Waals surface area contributed by atoms with Gasteiger partial charge < -0.3 is 16.2 Å². The van der Waals surface area contributed by atoms with E-state index in [9.17, 15) is 9.59 Å². The number of carbonyl (C=O) groups excluding carboxylic acids is 2. The lowest BCUT2D eigenvalue weighted by molar-refractivity contribution is 0.1000. The highest BCUT2D eigenvalue weighted by Gasteiger charge is 2.32. The minimum Gasteiger partial charge on any atom is -0.450 e. The maximum Gasteiger partial charge on any atom is 0.404 e. The lowest BCUT2D eigenvalue weighted by Crippen LogP contribution is -2.16. The van der Waals surface area contributed by atoms with Gasteiger partial charge in [0.05, 0.1) is 12.3 Å². The van der Waals surface area contributed by atoms with Crippen LogP contribution in [0.1, 0.15) is 22.3 Å². The topological polar surface area (TPSA) is 108 Å². The van der Waals surface area contributed by atoms with Crippen LogP contribution in [0.15, 0.2) is 52.4 Å². The molecule has 0 aliphatic carbocycles. The predicted octanol–water partition coefficient (Wildman–Crippen LogP) is 3.96. The van der Waals surface area contributed by atoms with Gasteiger partial charge in [-0.3, -0.25) is 9.79 Å². The highest BCUT2D eigenvalue weighted by Crippen LogP contribution is 2.63. The Morgan fingerprint density at radius 3 is 2.52 bits per heavy atom. The quantitative estimate of drug-likeness (QED) is 0.680. The Kier molecular flexibility index (Phi) is 5.72. The molecule has 6 nitrogen and oxygen atoms in total. The van der Waals surface area contributed by atoms with Crippen LogP contribution in [-0.4, -0.2) is 29.9 Å². The summed E-state index contributed by atoms with van der Waals surface area (Å²) in [5.41, 5.74) is 14.9. The molecule has 0 spiro atoms. The Bertz CT molecular complexity index is 902. The van der Waals surface area contributed by atoms with Gasteiger partial charge in [-0.2, -0.15) is 10.0 Å². The van der Waals surface area contributed by atoms with E-state index in [1.54, 1.807) is 6.07 Å². The van der Waals surface area contributed by atoms with E-state index in [2.05, 4.69) is 4.99 Å². The average Bonchev–Trinajstić information content (AvgIpc) is 2.99. The number of amides is 2. The number of halogens is 1. The molecular weight excluding hydrogens is 386 g/mol. The molecule has 1 heterocycles. The second kappa shape index (κ2) is 8.02. The first-order chi connectivity index (χ1) is 12.9. The molecule has 0 fully saturated rings. The van der Waals surface area contributed by atoms with Crippen LogP contribution in [0.4, 0.5) is 10.5 Å². The van der Waals surface area contributed by atoms with Gasteiger partial charge in [0.25, 0.3) is 0 Å². The van der Waals surface area contributed by atoms with Crippen molar-refractivity contribution in [2.45, 2.75) is 17.1 Å². The molecule has 2 aromatic rings. The van der Waals surface area contributed by atoms with Crippen LogP contribution >= 0.6 is 21.6 Å². The smallest absolute Gasteiger partial charge is 0.404 e. The maximum atomic E-state index is 11.6. The molecule has 0 saturated heterocycles. The van der Waals surface area contributed by atoms with Gasteiger partial charge in [0.2, 0.25) is 5.91 Å². The maximum absolute atomic E-state index is 11.6. The molecule has 0 radical (unpaired) electrons. The van der Waals surface area contributed by atoms with E-state index < -0.39 is 22.0 Å². The van der Waals surface area contributed by atoms with E-state index in [1.165, 1.54) is 0 Å². The predicted molar refractivity (Wildman–Crippen MR) is 109 cm³/mol. The van der Waals surface area contributed by atoms with Gasteiger partial charge in [-0.05, 0) is 48.1 Å². The van der Waals surface area contributed by atoms with Crippen LogP contribution in [0.2, 0.25) is 5.02 Å². The first kappa shape index (κ1) is 19.3. The molecule has 2 aromatic carbocycles. The van der Waals surface area contributed by atoms with Crippen LogP contribution in [0.3, 0.4) is 0 Å². The molecule has 3 rings (SSSR count). The molecule has 8 heteroatoms. The first-order valence-corrected chi connectivity index (χ1v) is 10.7. The highest BCUT2D eigenvalue weighted by atomic mass is 35.5. The number of rotatable bonds is 7. The summed E-state index contributed by atoms with van der Waals surface area (Å²) in [6.45, 7) is 0.239. The molecule has 0 bridgehead atoms. The molecule has 27 heavy (non-hydrogen) atoms. The Morgan fingerprint density at radius 2 is 1.85 bits per heavy atom. The number of carbonyl (C=O) groups is 2. The van der Waals surface area contributed by atoms with Gasteiger partial charge in [0.1, 0.15) is 0 Å². The molecule has 1 aliphatic rings. The summed E-state index contributed by atoms with van der Waals surface area (Å²) < 4.78 is 4.88. The third kappa shape index (κ3) is 4.43. The molecule has 2 amide bonds. The van der Waals surface area contributed by atoms with Crippen molar-refractivity contribution in [2.24, 2.45) is 16.5 Å². The minimum absolute atomic E-state index is 0.239. The van der Waals surface area contributed by atoms with Crippen molar-refractivity contribution < 1.29 is 14.3 Å². The second-order valence-electron chi connectivity index (χ2n) is 6.22. The third-order valence-electron chi connectivity index (χ3n) is 4.31. The zero-order valence-electron chi connectivity index (χ0n) is 14.6. The fraction of sp³-hybridized carbons (Fsp3) is 0.211. The van der Waals surface area contributed by atoms with E-state index in [-0.39, 0.29) is 6.61 Å². The summed E-state index contributed by atoms with van der Waals surface area (Å²) in [4.78, 5) is 28.1. The fourth-order valence-electron chi connectivity index (χ4n) is 3.03. The zero-order valence-corrected chi connectivity index (χ0v) is 16.1. The molecular formula is C19H20ClN3O3S. The Morgan fingerprint density at radius 1 is 1.11 bits per heavy atom. The van der Waals surface area contributed by atoms with Crippen molar-refractivity contribution in [2.75, 3.05) is 12.4 Å². The Labute approximate surface area is 163 Å². The summed E-state index contributed by atoms with van der Waals surface area (Å²) in [6, 6.07) is 13.0. The molecule has 0 aromatic heterocycles. The first-order valence-electron chi connectivity index (χ1n) is 8.33. The molecule has 142 valence electrons. The number of hydrogen-bond donors (Lipinski definition) is 2. The van der Waals surface area contributed by atoms with Crippen molar-refractivity contribution in [3.63, 3.8) is 0 Å². The standard InChI is InChI=1S/C19H20ClN3O3S/c20-15-5-2-13(3-6-15)11-27(9-1-8-26-19(22)25)12-23-16-7-4-14(18(21)24)10-17(16)27/h2-7,10,12H,1,8-9,11H2,(H2,21,24)(H2,22,25). The van der Waals surface area contributed by atoms with E-state index >= 15 is 0 Å². The van der Waals surface area contributed by atoms with Crippen LogP contribution in [0.25, 0.3) is 0 Å². The molecule has 1 atom stereocenters. The van der Waals surface area contributed by atoms with Crippen molar-refractivity contribution >= 4 is 44.9 Å². The lowest BCUT2D eigenvalue weighted by Gasteiger charge is -2.34. The van der Waals surface area contributed by atoms with Crippen LogP contribution in [0.5, 0.6) is 0 Å². The fourth-order valence-corrected chi connectivity index (χ4v) is 6.61. The van der Waals surface area contributed by atoms with Crippen LogP contribution in [-0.2, 0) is 10.5 Å². The van der Waals surface area contributed by atoms with Gasteiger partial charge in [0, 0.05) is 26.8 Å². The van der Waals surface area contributed by atoms with E-state index in [0.29, 0.717) is 17.0 Å². The van der Waals surface area contributed by atoms with Crippen molar-refractivity contribution in [3.05, 3.63) is 58.6 Å². The van der Waals surface area contributed by atoms with Crippen molar-refractivity contribution in [3.8, 4) is 0 Å². The van der Waals surface area contributed by atoms with Crippen LogP contribution < -0.4 is 11.5 Å². The largest absolute Gasteiger partial charge is 0.450 e. The van der Waals surface area contributed by atoms with Gasteiger partial charge in [0.15, 0.2) is 0 Å². The summed E-state index contributed by atoms with van der Waals surface area (Å²) in [5.74, 6) is 1.03. The summed E-state index contributed by atoms with van der Waals surface area (Å²) >= 11 is 6.00. The monoisotopic (exact) mass is 405 g/mol. The number of aliphatic imine (C=N–C) groups is 1. The van der Waals surface area contributed by atoms with E-state index in [4.69, 9.17) is 27.8 Å². The van der Waals surface area contributed by atoms with Gasteiger partial charge in [-0.1, -0.05) is 23.7 Å². The SMILES string of the molecule is NC(=O)OCCCS1(Cc2ccc(Cl)cc2)C=Nc2ccc(C(N)=O)cc21. The van der Waals surface area contributed by atoms with Gasteiger partial charge in [-0.15, -0.1) is 0 Å². The number of nitrogens with two attached hydrogens (primary N) is 2. The number of benzene rings is 2. The molecule has 0 saturated carbocycles. The third-order valence-corrected chi connectivity index (χ3v) is 8.14. The van der Waals surface area contributed by atoms with Gasteiger partial charge in [-0.25, -0.2) is 4.79 Å². The average molecular weight is 406 g/mol. The molecule has 4 N–H and O–H groups in total. The summed E-state index contributed by atoms with van der Waals surface area (Å²) in [6.07, 6.45) is -0.147. The number of fused-ring (bicyclic) bond motifs is 1. The Balaban J connectivity index is 1.93. The van der Waals surface area contributed by atoms with Crippen molar-refractivity contribution in [1.82, 2.24) is 0 Å². The number of nitrogens with zero attached hydrogens (tertiary/aromatic N) is 1. The number of hydrogen-bond acceptors (Lipinski definition) is 4. The van der Waals surface area contributed by atoms with Crippen molar-refractivity contribution in [1.29, 1.82) is 0 Å². The highest BCUT2D eigenvalue weighted by molar-refractivity contribution is 8.43. The summed E-state index contributed by atoms with van der Waals surface area (Å²) in [7, 11) is -1.52. The summed E-state index contributed by atoms with van der Waals surface area (Å²) in [5, 5.41) is 0.675. The molecule has 1 aliphatic heterocycles. The minimum atomic E-state index is -1.52.